The van der Waals surface area contributed by atoms with E-state index < -0.39 is 42.8 Å². The highest BCUT2D eigenvalue weighted by Gasteiger charge is 2.24. The predicted octanol–water partition coefficient (Wildman–Crippen LogP) is 1.32. The standard InChI is InChI=1S/C21H39N3O8/c1-2-3-4-5-6-7-11-17(25)22-14-9-8-10-15(19(28)29)23-21(32)24-16(20(30)31)12-13-18(26)27/h15-16,20,30-31H,2-14H2,1H3,(H,22,25)(H,26,27)(H,28,29)(H2,23,24,32)/t15-,16-/m0/s1. The van der Waals surface area contributed by atoms with E-state index in [1.807, 2.05) is 0 Å². The van der Waals surface area contributed by atoms with E-state index in [9.17, 15) is 34.5 Å². The first-order chi connectivity index (χ1) is 15.2. The normalized spacial score (nSPS) is 12.8. The highest BCUT2D eigenvalue weighted by Crippen LogP contribution is 2.07. The zero-order valence-electron chi connectivity index (χ0n) is 18.8. The molecule has 0 saturated carbocycles. The molecule has 0 aliphatic rings. The molecular weight excluding hydrogens is 422 g/mol. The van der Waals surface area contributed by atoms with Crippen molar-refractivity contribution in [2.45, 2.75) is 102 Å². The molecule has 0 bridgehead atoms. The largest absolute Gasteiger partial charge is 0.481 e. The second kappa shape index (κ2) is 18.2. The van der Waals surface area contributed by atoms with Crippen LogP contribution in [0.4, 0.5) is 4.79 Å². The van der Waals surface area contributed by atoms with Crippen LogP contribution in [0.15, 0.2) is 0 Å². The van der Waals surface area contributed by atoms with Gasteiger partial charge in [0.2, 0.25) is 5.91 Å². The predicted molar refractivity (Wildman–Crippen MR) is 117 cm³/mol. The molecule has 2 atom stereocenters. The van der Waals surface area contributed by atoms with E-state index in [0.717, 1.165) is 19.3 Å². The Bertz CT molecular complexity index is 571. The number of carboxylic acids is 2. The first kappa shape index (κ1) is 29.6. The zero-order chi connectivity index (χ0) is 24.4. The minimum absolute atomic E-state index is 0.0252. The molecule has 0 radical (unpaired) electrons. The van der Waals surface area contributed by atoms with Crippen LogP contribution < -0.4 is 16.0 Å². The molecule has 0 rings (SSSR count). The van der Waals surface area contributed by atoms with Gasteiger partial charge < -0.3 is 36.4 Å². The molecule has 0 heterocycles. The maximum Gasteiger partial charge on any atom is 0.326 e. The molecule has 0 aliphatic carbocycles. The fourth-order valence-electron chi connectivity index (χ4n) is 3.06. The Balaban J connectivity index is 4.13. The summed E-state index contributed by atoms with van der Waals surface area (Å²) >= 11 is 0. The van der Waals surface area contributed by atoms with Gasteiger partial charge in [-0.25, -0.2) is 9.59 Å². The van der Waals surface area contributed by atoms with Gasteiger partial charge in [0.15, 0.2) is 6.29 Å². The Morgan fingerprint density at radius 3 is 2.03 bits per heavy atom. The van der Waals surface area contributed by atoms with Gasteiger partial charge in [0.1, 0.15) is 6.04 Å². The highest BCUT2D eigenvalue weighted by molar-refractivity contribution is 5.82. The van der Waals surface area contributed by atoms with Crippen molar-refractivity contribution in [1.82, 2.24) is 16.0 Å². The lowest BCUT2D eigenvalue weighted by Gasteiger charge is -2.22. The van der Waals surface area contributed by atoms with Crippen molar-refractivity contribution in [3.05, 3.63) is 0 Å². The number of urea groups is 1. The lowest BCUT2D eigenvalue weighted by molar-refractivity contribution is -0.139. The third kappa shape index (κ3) is 16.3. The van der Waals surface area contributed by atoms with Crippen LogP contribution in [0.3, 0.4) is 0 Å². The summed E-state index contributed by atoms with van der Waals surface area (Å²) in [6.45, 7) is 2.57. The van der Waals surface area contributed by atoms with Crippen molar-refractivity contribution in [2.24, 2.45) is 0 Å². The number of hydrogen-bond donors (Lipinski definition) is 7. The van der Waals surface area contributed by atoms with E-state index in [-0.39, 0.29) is 18.7 Å². The van der Waals surface area contributed by atoms with Crippen molar-refractivity contribution in [1.29, 1.82) is 0 Å². The Labute approximate surface area is 189 Å². The maximum atomic E-state index is 12.0. The number of carboxylic acid groups (broad SMARTS) is 2. The van der Waals surface area contributed by atoms with Gasteiger partial charge in [-0.2, -0.15) is 0 Å². The smallest absolute Gasteiger partial charge is 0.326 e. The number of carbonyl (C=O) groups is 4. The average Bonchev–Trinajstić information content (AvgIpc) is 2.71. The van der Waals surface area contributed by atoms with Gasteiger partial charge in [-0.15, -0.1) is 0 Å². The van der Waals surface area contributed by atoms with E-state index in [2.05, 4.69) is 22.9 Å². The van der Waals surface area contributed by atoms with Gasteiger partial charge in [-0.3, -0.25) is 9.59 Å². The summed E-state index contributed by atoms with van der Waals surface area (Å²) in [6, 6.07) is -3.39. The van der Waals surface area contributed by atoms with Crippen LogP contribution >= 0.6 is 0 Å². The molecule has 186 valence electrons. The van der Waals surface area contributed by atoms with E-state index in [0.29, 0.717) is 25.8 Å². The fraction of sp³-hybridized carbons (Fsp3) is 0.810. The van der Waals surface area contributed by atoms with Gasteiger partial charge >= 0.3 is 18.0 Å². The molecule has 11 nitrogen and oxygen atoms in total. The van der Waals surface area contributed by atoms with Gasteiger partial charge in [-0.05, 0) is 32.1 Å². The first-order valence-electron chi connectivity index (χ1n) is 11.3. The summed E-state index contributed by atoms with van der Waals surface area (Å²) < 4.78 is 0. The molecule has 7 N–H and O–H groups in total. The first-order valence-corrected chi connectivity index (χ1v) is 11.3. The maximum absolute atomic E-state index is 12.0. The number of rotatable bonds is 19. The number of carbonyl (C=O) groups excluding carboxylic acids is 2. The van der Waals surface area contributed by atoms with Crippen LogP contribution in [0.5, 0.6) is 0 Å². The van der Waals surface area contributed by atoms with E-state index >= 15 is 0 Å². The monoisotopic (exact) mass is 461 g/mol. The molecule has 0 fully saturated rings. The Morgan fingerprint density at radius 2 is 1.44 bits per heavy atom. The number of nitrogens with one attached hydrogen (secondary N) is 3. The van der Waals surface area contributed by atoms with Crippen molar-refractivity contribution < 1.29 is 39.6 Å². The summed E-state index contributed by atoms with van der Waals surface area (Å²) in [5.74, 6) is -2.44. The van der Waals surface area contributed by atoms with Gasteiger partial charge in [0.05, 0.1) is 6.04 Å². The van der Waals surface area contributed by atoms with Gasteiger partial charge in [-0.1, -0.05) is 39.0 Å². The van der Waals surface area contributed by atoms with Gasteiger partial charge in [0.25, 0.3) is 0 Å². The van der Waals surface area contributed by atoms with Crippen LogP contribution in [-0.4, -0.2) is 69.2 Å². The molecule has 0 aromatic heterocycles. The molecule has 11 heteroatoms. The van der Waals surface area contributed by atoms with Gasteiger partial charge in [0, 0.05) is 19.4 Å². The van der Waals surface area contributed by atoms with Crippen molar-refractivity contribution in [3.8, 4) is 0 Å². The molecule has 0 aromatic rings. The summed E-state index contributed by atoms with van der Waals surface area (Å²) in [5.41, 5.74) is 0. The summed E-state index contributed by atoms with van der Waals surface area (Å²) in [6.07, 6.45) is 5.60. The lowest BCUT2D eigenvalue weighted by Crippen LogP contribution is -2.52. The lowest BCUT2D eigenvalue weighted by atomic mass is 10.1. The summed E-state index contributed by atoms with van der Waals surface area (Å²) in [7, 11) is 0. The topological polar surface area (TPSA) is 185 Å². The van der Waals surface area contributed by atoms with Crippen LogP contribution in [0, 0.1) is 0 Å². The second-order valence-electron chi connectivity index (χ2n) is 7.82. The van der Waals surface area contributed by atoms with Crippen molar-refractivity contribution in [3.63, 3.8) is 0 Å². The molecule has 0 spiro atoms. The minimum atomic E-state index is -1.98. The second-order valence-corrected chi connectivity index (χ2v) is 7.82. The quantitative estimate of drug-likeness (QED) is 0.111. The molecule has 3 amide bonds. The number of amides is 3. The minimum Gasteiger partial charge on any atom is -0.481 e. The number of aliphatic hydroxyl groups is 2. The Kier molecular flexibility index (Phi) is 16.8. The van der Waals surface area contributed by atoms with Crippen LogP contribution in [0.2, 0.25) is 0 Å². The van der Waals surface area contributed by atoms with Crippen LogP contribution in [0.1, 0.15) is 84.0 Å². The Morgan fingerprint density at radius 1 is 0.781 bits per heavy atom. The zero-order valence-corrected chi connectivity index (χ0v) is 18.8. The third-order valence-corrected chi connectivity index (χ3v) is 4.95. The molecule has 0 aliphatic heterocycles. The molecule has 0 aromatic carbocycles. The SMILES string of the molecule is CCCCCCCCC(=O)NCCCC[C@H](NC(=O)N[C@@H](CCC(=O)O)C(O)O)C(=O)O. The molecule has 0 saturated heterocycles. The van der Waals surface area contributed by atoms with Crippen LogP contribution in [0.25, 0.3) is 0 Å². The number of aliphatic carboxylic acids is 2. The molecule has 0 unspecified atom stereocenters. The van der Waals surface area contributed by atoms with Crippen molar-refractivity contribution >= 4 is 23.9 Å². The third-order valence-electron chi connectivity index (χ3n) is 4.95. The molecular formula is C21H39N3O8. The van der Waals surface area contributed by atoms with E-state index in [1.165, 1.54) is 19.3 Å². The van der Waals surface area contributed by atoms with Crippen molar-refractivity contribution in [2.75, 3.05) is 6.54 Å². The summed E-state index contributed by atoms with van der Waals surface area (Å²) in [5, 5.41) is 43.6. The van der Waals surface area contributed by atoms with E-state index in [4.69, 9.17) is 5.11 Å². The number of hydrogen-bond acceptors (Lipinski definition) is 6. The summed E-state index contributed by atoms with van der Waals surface area (Å²) in [4.78, 5) is 45.7. The van der Waals surface area contributed by atoms with Crippen LogP contribution in [-0.2, 0) is 14.4 Å². The Hall–Kier alpha value is -2.40. The molecule has 32 heavy (non-hydrogen) atoms. The number of aliphatic hydroxyl groups excluding tert-OH is 1. The highest BCUT2D eigenvalue weighted by atomic mass is 16.5. The number of unbranched alkanes of at least 4 members (excludes halogenated alkanes) is 6. The average molecular weight is 462 g/mol. The van der Waals surface area contributed by atoms with E-state index in [1.54, 1.807) is 0 Å². The fourth-order valence-corrected chi connectivity index (χ4v) is 3.06.